The summed E-state index contributed by atoms with van der Waals surface area (Å²) in [5, 5.41) is 0. The summed E-state index contributed by atoms with van der Waals surface area (Å²) in [5.41, 5.74) is 11.9. The highest BCUT2D eigenvalue weighted by molar-refractivity contribution is 5.89. The Hall–Kier alpha value is -1.39. The Balaban J connectivity index is 2.74. The number of hydrogen-bond acceptors (Lipinski definition) is 4. The summed E-state index contributed by atoms with van der Waals surface area (Å²) >= 11 is 0. The van der Waals surface area contributed by atoms with Crippen molar-refractivity contribution < 1.29 is 9.53 Å². The third-order valence-corrected chi connectivity index (χ3v) is 1.64. The molecule has 0 aromatic heterocycles. The van der Waals surface area contributed by atoms with Gasteiger partial charge in [-0.15, -0.1) is 0 Å². The van der Waals surface area contributed by atoms with Crippen LogP contribution in [0.15, 0.2) is 24.3 Å². The molecule has 0 bridgehead atoms. The summed E-state index contributed by atoms with van der Waals surface area (Å²) in [5.74, 6) is -0.411. The molecular formula is C9H12N2O2. The van der Waals surface area contributed by atoms with Crippen LogP contribution in [0.3, 0.4) is 0 Å². The van der Waals surface area contributed by atoms with Crippen LogP contribution in [0.2, 0.25) is 0 Å². The lowest BCUT2D eigenvalue weighted by Crippen LogP contribution is -2.12. The Morgan fingerprint density at radius 2 is 1.85 bits per heavy atom. The summed E-state index contributed by atoms with van der Waals surface area (Å²) in [4.78, 5) is 11.1. The van der Waals surface area contributed by atoms with Gasteiger partial charge in [-0.25, -0.2) is 4.79 Å². The predicted octanol–water partition coefficient (Wildman–Crippen LogP) is 0.218. The second kappa shape index (κ2) is 4.59. The van der Waals surface area contributed by atoms with E-state index in [2.05, 4.69) is 4.74 Å². The van der Waals surface area contributed by atoms with Gasteiger partial charge in [-0.05, 0) is 17.7 Å². The van der Waals surface area contributed by atoms with Crippen molar-refractivity contribution in [2.75, 3.05) is 6.73 Å². The first-order valence-corrected chi connectivity index (χ1v) is 3.94. The number of benzene rings is 1. The van der Waals surface area contributed by atoms with Gasteiger partial charge in [-0.2, -0.15) is 0 Å². The second-order valence-electron chi connectivity index (χ2n) is 2.50. The number of esters is 1. The van der Waals surface area contributed by atoms with Gasteiger partial charge in [0.2, 0.25) is 0 Å². The summed E-state index contributed by atoms with van der Waals surface area (Å²) in [6.07, 6.45) is 0. The van der Waals surface area contributed by atoms with Gasteiger partial charge in [-0.3, -0.25) is 5.73 Å². The van der Waals surface area contributed by atoms with E-state index in [1.54, 1.807) is 24.3 Å². The first kappa shape index (κ1) is 9.70. The molecule has 0 aliphatic rings. The molecule has 0 fully saturated rings. The van der Waals surface area contributed by atoms with Crippen molar-refractivity contribution in [3.05, 3.63) is 35.4 Å². The minimum atomic E-state index is -0.411. The molecule has 0 radical (unpaired) electrons. The van der Waals surface area contributed by atoms with Gasteiger partial charge in [-0.1, -0.05) is 12.1 Å². The third kappa shape index (κ3) is 2.54. The topological polar surface area (TPSA) is 78.3 Å². The molecule has 0 amide bonds. The maximum atomic E-state index is 11.1. The average Bonchev–Trinajstić information content (AvgIpc) is 2.18. The van der Waals surface area contributed by atoms with Crippen molar-refractivity contribution in [1.82, 2.24) is 0 Å². The van der Waals surface area contributed by atoms with Crippen LogP contribution in [0.4, 0.5) is 0 Å². The van der Waals surface area contributed by atoms with Gasteiger partial charge in [0, 0.05) is 6.54 Å². The number of carbonyl (C=O) groups excluding carboxylic acids is 1. The molecule has 1 aromatic rings. The number of ether oxygens (including phenoxy) is 1. The standard InChI is InChI=1S/C9H12N2O2/c10-5-7-1-3-8(4-2-7)9(12)13-6-11/h1-4H,5-6,10-11H2. The van der Waals surface area contributed by atoms with Gasteiger partial charge in [0.15, 0.2) is 0 Å². The lowest BCUT2D eigenvalue weighted by atomic mass is 10.1. The van der Waals surface area contributed by atoms with Crippen LogP contribution in [0.25, 0.3) is 0 Å². The zero-order chi connectivity index (χ0) is 9.68. The van der Waals surface area contributed by atoms with Crippen molar-refractivity contribution in [2.45, 2.75) is 6.54 Å². The Morgan fingerprint density at radius 1 is 1.23 bits per heavy atom. The molecule has 4 N–H and O–H groups in total. The van der Waals surface area contributed by atoms with Crippen molar-refractivity contribution in [3.63, 3.8) is 0 Å². The van der Waals surface area contributed by atoms with Crippen LogP contribution in [0.5, 0.6) is 0 Å². The van der Waals surface area contributed by atoms with Gasteiger partial charge >= 0.3 is 5.97 Å². The first-order valence-electron chi connectivity index (χ1n) is 3.94. The zero-order valence-electron chi connectivity index (χ0n) is 7.19. The average molecular weight is 180 g/mol. The highest BCUT2D eigenvalue weighted by Crippen LogP contribution is 2.04. The number of hydrogen-bond donors (Lipinski definition) is 2. The molecule has 0 atom stereocenters. The molecule has 13 heavy (non-hydrogen) atoms. The van der Waals surface area contributed by atoms with E-state index < -0.39 is 5.97 Å². The van der Waals surface area contributed by atoms with Crippen LogP contribution in [0.1, 0.15) is 15.9 Å². The fourth-order valence-corrected chi connectivity index (χ4v) is 0.936. The normalized spacial score (nSPS) is 9.69. The van der Waals surface area contributed by atoms with Crippen LogP contribution in [-0.2, 0) is 11.3 Å². The fourth-order valence-electron chi connectivity index (χ4n) is 0.936. The molecular weight excluding hydrogens is 168 g/mol. The van der Waals surface area contributed by atoms with Gasteiger partial charge in [0.05, 0.1) is 5.56 Å². The van der Waals surface area contributed by atoms with Crippen molar-refractivity contribution in [2.24, 2.45) is 11.5 Å². The Labute approximate surface area is 76.5 Å². The fraction of sp³-hybridized carbons (Fsp3) is 0.222. The lowest BCUT2D eigenvalue weighted by molar-refractivity contribution is 0.0515. The van der Waals surface area contributed by atoms with Gasteiger partial charge < -0.3 is 10.5 Å². The van der Waals surface area contributed by atoms with E-state index in [4.69, 9.17) is 11.5 Å². The molecule has 4 heteroatoms. The van der Waals surface area contributed by atoms with E-state index >= 15 is 0 Å². The van der Waals surface area contributed by atoms with E-state index in [0.717, 1.165) is 5.56 Å². The molecule has 0 saturated carbocycles. The quantitative estimate of drug-likeness (QED) is 0.515. The van der Waals surface area contributed by atoms with Crippen LogP contribution in [-0.4, -0.2) is 12.7 Å². The lowest BCUT2D eigenvalue weighted by Gasteiger charge is -2.01. The van der Waals surface area contributed by atoms with Gasteiger partial charge in [0.1, 0.15) is 6.73 Å². The highest BCUT2D eigenvalue weighted by Gasteiger charge is 2.04. The molecule has 0 spiro atoms. The smallest absolute Gasteiger partial charge is 0.339 e. The van der Waals surface area contributed by atoms with E-state index in [0.29, 0.717) is 12.1 Å². The van der Waals surface area contributed by atoms with E-state index in [-0.39, 0.29) is 6.73 Å². The van der Waals surface area contributed by atoms with Crippen LogP contribution >= 0.6 is 0 Å². The molecule has 1 rings (SSSR count). The SMILES string of the molecule is NCOC(=O)c1ccc(CN)cc1. The highest BCUT2D eigenvalue weighted by atomic mass is 16.5. The monoisotopic (exact) mass is 180 g/mol. The van der Waals surface area contributed by atoms with Crippen molar-refractivity contribution in [3.8, 4) is 0 Å². The predicted molar refractivity (Wildman–Crippen MR) is 48.8 cm³/mol. The first-order chi connectivity index (χ1) is 6.27. The molecule has 70 valence electrons. The van der Waals surface area contributed by atoms with Crippen molar-refractivity contribution in [1.29, 1.82) is 0 Å². The summed E-state index contributed by atoms with van der Waals surface area (Å²) in [6, 6.07) is 6.90. The Bertz CT molecular complexity index is 282. The minimum absolute atomic E-state index is 0.0997. The number of carbonyl (C=O) groups is 1. The molecule has 0 aliphatic heterocycles. The Kier molecular flexibility index (Phi) is 3.42. The van der Waals surface area contributed by atoms with Crippen molar-refractivity contribution >= 4 is 5.97 Å². The summed E-state index contributed by atoms with van der Waals surface area (Å²) < 4.78 is 4.61. The van der Waals surface area contributed by atoms with Gasteiger partial charge in [0.25, 0.3) is 0 Å². The maximum absolute atomic E-state index is 11.1. The van der Waals surface area contributed by atoms with Crippen LogP contribution < -0.4 is 11.5 Å². The van der Waals surface area contributed by atoms with E-state index in [9.17, 15) is 4.79 Å². The zero-order valence-corrected chi connectivity index (χ0v) is 7.19. The summed E-state index contributed by atoms with van der Waals surface area (Å²) in [7, 11) is 0. The van der Waals surface area contributed by atoms with E-state index in [1.165, 1.54) is 0 Å². The molecule has 0 aliphatic carbocycles. The number of nitrogens with two attached hydrogens (primary N) is 2. The number of rotatable bonds is 3. The third-order valence-electron chi connectivity index (χ3n) is 1.64. The Morgan fingerprint density at radius 3 is 2.31 bits per heavy atom. The summed E-state index contributed by atoms with van der Waals surface area (Å²) in [6.45, 7) is 0.365. The molecule has 0 unspecified atom stereocenters. The van der Waals surface area contributed by atoms with Crippen LogP contribution in [0, 0.1) is 0 Å². The van der Waals surface area contributed by atoms with E-state index in [1.807, 2.05) is 0 Å². The molecule has 0 saturated heterocycles. The minimum Gasteiger partial charge on any atom is -0.446 e. The molecule has 0 heterocycles. The molecule has 1 aromatic carbocycles. The second-order valence-corrected chi connectivity index (χ2v) is 2.50. The maximum Gasteiger partial charge on any atom is 0.339 e. The largest absolute Gasteiger partial charge is 0.446 e. The molecule has 4 nitrogen and oxygen atoms in total.